The third-order valence-corrected chi connectivity index (χ3v) is 2.39. The molecule has 0 fully saturated rings. The molecule has 21 heavy (non-hydrogen) atoms. The molecule has 0 bridgehead atoms. The second-order valence-electron chi connectivity index (χ2n) is 3.80. The molecule has 1 aromatic carbocycles. The number of halogens is 4. The van der Waals surface area contributed by atoms with E-state index >= 15 is 0 Å². The fourth-order valence-corrected chi connectivity index (χ4v) is 1.35. The molecule has 1 unspecified atom stereocenters. The fraction of sp³-hybridized carbons (Fsp3) is 0.300. The van der Waals surface area contributed by atoms with E-state index in [0.717, 1.165) is 12.1 Å². The Kier molecular flexibility index (Phi) is 4.89. The first-order chi connectivity index (χ1) is 9.66. The average molecular weight is 311 g/mol. The van der Waals surface area contributed by atoms with Crippen molar-refractivity contribution in [2.45, 2.75) is 6.18 Å². The summed E-state index contributed by atoms with van der Waals surface area (Å²) in [5.74, 6) is -5.14. The van der Waals surface area contributed by atoms with E-state index in [-0.39, 0.29) is 0 Å². The highest BCUT2D eigenvalue weighted by atomic mass is 19.4. The topological polar surface area (TPSA) is 111 Å². The van der Waals surface area contributed by atoms with Gasteiger partial charge in [0.2, 0.25) is 0 Å². The molecule has 1 rings (SSSR count). The highest BCUT2D eigenvalue weighted by molar-refractivity contribution is 5.83. The summed E-state index contributed by atoms with van der Waals surface area (Å²) in [6, 6.07) is 2.10. The number of nitrogens with two attached hydrogens (primary N) is 1. The van der Waals surface area contributed by atoms with Crippen LogP contribution in [-0.2, 0) is 0 Å². The highest BCUT2D eigenvalue weighted by Crippen LogP contribution is 2.31. The molecule has 0 aromatic heterocycles. The molecular formula is C10H9F4N3O4. The second kappa shape index (κ2) is 6.24. The number of oxime groups is 1. The molecule has 1 aromatic rings. The van der Waals surface area contributed by atoms with Crippen LogP contribution in [-0.4, -0.2) is 28.7 Å². The molecule has 3 N–H and O–H groups in total. The van der Waals surface area contributed by atoms with Gasteiger partial charge in [0.15, 0.2) is 11.6 Å². The van der Waals surface area contributed by atoms with Crippen LogP contribution in [0.15, 0.2) is 23.4 Å². The van der Waals surface area contributed by atoms with Crippen LogP contribution in [0.2, 0.25) is 0 Å². The predicted octanol–water partition coefficient (Wildman–Crippen LogP) is 2.04. The molecule has 0 spiro atoms. The van der Waals surface area contributed by atoms with Crippen molar-refractivity contribution >= 4 is 11.5 Å². The number of nitro groups is 1. The first-order valence-corrected chi connectivity index (χ1v) is 5.27. The summed E-state index contributed by atoms with van der Waals surface area (Å²) in [4.78, 5) is 9.64. The van der Waals surface area contributed by atoms with E-state index < -0.39 is 46.7 Å². The number of nitrogens with zero attached hydrogens (tertiary/aromatic N) is 2. The minimum absolute atomic E-state index is 0.501. The van der Waals surface area contributed by atoms with Crippen molar-refractivity contribution in [1.29, 1.82) is 0 Å². The summed E-state index contributed by atoms with van der Waals surface area (Å²) in [5, 5.41) is 21.2. The molecule has 1 atom stereocenters. The van der Waals surface area contributed by atoms with Crippen LogP contribution >= 0.6 is 0 Å². The normalized spacial score (nSPS) is 13.8. The van der Waals surface area contributed by atoms with Crippen LogP contribution in [0, 0.1) is 21.8 Å². The van der Waals surface area contributed by atoms with Gasteiger partial charge < -0.3 is 15.7 Å². The van der Waals surface area contributed by atoms with E-state index in [4.69, 9.17) is 10.9 Å². The fourth-order valence-electron chi connectivity index (χ4n) is 1.35. The number of ether oxygens (including phenoxy) is 1. The van der Waals surface area contributed by atoms with Crippen molar-refractivity contribution in [2.75, 3.05) is 6.61 Å². The summed E-state index contributed by atoms with van der Waals surface area (Å²) in [6.45, 7) is -1.16. The van der Waals surface area contributed by atoms with Gasteiger partial charge in [-0.15, -0.1) is 0 Å². The lowest BCUT2D eigenvalue weighted by atomic mass is 10.1. The van der Waals surface area contributed by atoms with Crippen molar-refractivity contribution in [1.82, 2.24) is 0 Å². The SMILES string of the molecule is N/C(=N/O)C(COc1ccc(F)cc1[N+](=O)[O-])C(F)(F)F. The van der Waals surface area contributed by atoms with E-state index in [1.807, 2.05) is 0 Å². The van der Waals surface area contributed by atoms with Crippen molar-refractivity contribution in [2.24, 2.45) is 16.8 Å². The number of rotatable bonds is 5. The van der Waals surface area contributed by atoms with Crippen LogP contribution in [0.4, 0.5) is 23.2 Å². The number of amidine groups is 1. The number of hydrogen-bond donors (Lipinski definition) is 2. The lowest BCUT2D eigenvalue weighted by Crippen LogP contribution is -2.40. The summed E-state index contributed by atoms with van der Waals surface area (Å²) in [6.07, 6.45) is -4.88. The Morgan fingerprint density at radius 1 is 1.52 bits per heavy atom. The number of hydrogen-bond acceptors (Lipinski definition) is 5. The lowest BCUT2D eigenvalue weighted by molar-refractivity contribution is -0.386. The zero-order chi connectivity index (χ0) is 16.2. The van der Waals surface area contributed by atoms with Gasteiger partial charge in [-0.2, -0.15) is 13.2 Å². The number of alkyl halides is 3. The van der Waals surface area contributed by atoms with Crippen LogP contribution < -0.4 is 10.5 Å². The minimum Gasteiger partial charge on any atom is -0.486 e. The standard InChI is InChI=1S/C10H9F4N3O4/c11-5-1-2-8(7(3-5)17(19)20)21-4-6(9(15)16-18)10(12,13)14/h1-3,6,18H,4H2,(H2,15,16). The van der Waals surface area contributed by atoms with Gasteiger partial charge in [0, 0.05) is 0 Å². The van der Waals surface area contributed by atoms with Crippen LogP contribution in [0.25, 0.3) is 0 Å². The maximum absolute atomic E-state index is 12.9. The van der Waals surface area contributed by atoms with Crippen molar-refractivity contribution < 1.29 is 32.4 Å². The van der Waals surface area contributed by atoms with Gasteiger partial charge in [0.05, 0.1) is 11.0 Å². The van der Waals surface area contributed by atoms with E-state index in [9.17, 15) is 27.7 Å². The summed E-state index contributed by atoms with van der Waals surface area (Å²) in [5.41, 5.74) is 4.06. The van der Waals surface area contributed by atoms with Crippen molar-refractivity contribution in [3.8, 4) is 5.75 Å². The largest absolute Gasteiger partial charge is 0.486 e. The van der Waals surface area contributed by atoms with E-state index in [1.54, 1.807) is 0 Å². The maximum atomic E-state index is 12.9. The Labute approximate surface area is 114 Å². The number of nitro benzene ring substituents is 1. The zero-order valence-corrected chi connectivity index (χ0v) is 10.2. The third kappa shape index (κ3) is 4.19. The van der Waals surface area contributed by atoms with Crippen LogP contribution in [0.5, 0.6) is 5.75 Å². The summed E-state index contributed by atoms with van der Waals surface area (Å²) in [7, 11) is 0. The van der Waals surface area contributed by atoms with Gasteiger partial charge in [-0.3, -0.25) is 10.1 Å². The minimum atomic E-state index is -4.88. The summed E-state index contributed by atoms with van der Waals surface area (Å²) >= 11 is 0. The molecule has 0 saturated carbocycles. The third-order valence-electron chi connectivity index (χ3n) is 2.39. The molecule has 0 aliphatic heterocycles. The smallest absolute Gasteiger partial charge is 0.402 e. The molecule has 7 nitrogen and oxygen atoms in total. The molecule has 11 heteroatoms. The highest BCUT2D eigenvalue weighted by Gasteiger charge is 2.43. The molecule has 0 radical (unpaired) electrons. The molecule has 0 amide bonds. The zero-order valence-electron chi connectivity index (χ0n) is 10.2. The van der Waals surface area contributed by atoms with Crippen LogP contribution in [0.1, 0.15) is 0 Å². The monoisotopic (exact) mass is 311 g/mol. The van der Waals surface area contributed by atoms with E-state index in [2.05, 4.69) is 9.89 Å². The molecule has 0 saturated heterocycles. The van der Waals surface area contributed by atoms with E-state index in [0.29, 0.717) is 6.07 Å². The van der Waals surface area contributed by atoms with Gasteiger partial charge in [-0.25, -0.2) is 4.39 Å². The van der Waals surface area contributed by atoms with E-state index in [1.165, 1.54) is 0 Å². The Bertz CT molecular complexity index is 562. The molecular weight excluding hydrogens is 302 g/mol. The lowest BCUT2D eigenvalue weighted by Gasteiger charge is -2.19. The van der Waals surface area contributed by atoms with Gasteiger partial charge in [-0.1, -0.05) is 5.16 Å². The van der Waals surface area contributed by atoms with Gasteiger partial charge in [0.1, 0.15) is 18.3 Å². The second-order valence-corrected chi connectivity index (χ2v) is 3.80. The van der Waals surface area contributed by atoms with Crippen LogP contribution in [0.3, 0.4) is 0 Å². The Hall–Kier alpha value is -2.59. The number of benzene rings is 1. The van der Waals surface area contributed by atoms with Gasteiger partial charge >= 0.3 is 11.9 Å². The average Bonchev–Trinajstić information content (AvgIpc) is 2.38. The molecule has 0 heterocycles. The van der Waals surface area contributed by atoms with Crippen molar-refractivity contribution in [3.05, 3.63) is 34.1 Å². The van der Waals surface area contributed by atoms with Gasteiger partial charge in [-0.05, 0) is 12.1 Å². The molecule has 116 valence electrons. The van der Waals surface area contributed by atoms with Gasteiger partial charge in [0.25, 0.3) is 0 Å². The molecule has 0 aliphatic carbocycles. The van der Waals surface area contributed by atoms with Crippen molar-refractivity contribution in [3.63, 3.8) is 0 Å². The quantitative estimate of drug-likeness (QED) is 0.216. The Morgan fingerprint density at radius 2 is 2.14 bits per heavy atom. The maximum Gasteiger partial charge on any atom is 0.402 e. The Balaban J connectivity index is 2.99. The predicted molar refractivity (Wildman–Crippen MR) is 61.5 cm³/mol. The first-order valence-electron chi connectivity index (χ1n) is 5.27. The Morgan fingerprint density at radius 3 is 2.62 bits per heavy atom. The summed E-state index contributed by atoms with van der Waals surface area (Å²) < 4.78 is 55.4. The first kappa shape index (κ1) is 16.5. The molecule has 0 aliphatic rings.